The SMILES string of the molecule is COC1CC(Nc2ccc(S(C)(=O)=O)cc2N)C1(C)C. The van der Waals surface area contributed by atoms with E-state index in [9.17, 15) is 8.42 Å². The Morgan fingerprint density at radius 1 is 1.40 bits per heavy atom. The van der Waals surface area contributed by atoms with E-state index in [1.807, 2.05) is 0 Å². The number of nitrogens with one attached hydrogen (secondary N) is 1. The standard InChI is InChI=1S/C14H22N2O3S/c1-14(2)12(8-13(14)19-3)16-11-6-5-9(7-10(11)15)20(4,17)18/h5-7,12-13,16H,8,15H2,1-4H3. The van der Waals surface area contributed by atoms with Gasteiger partial charge in [0.25, 0.3) is 0 Å². The summed E-state index contributed by atoms with van der Waals surface area (Å²) in [4.78, 5) is 0.239. The van der Waals surface area contributed by atoms with Gasteiger partial charge < -0.3 is 15.8 Å². The van der Waals surface area contributed by atoms with Gasteiger partial charge in [-0.1, -0.05) is 13.8 Å². The summed E-state index contributed by atoms with van der Waals surface area (Å²) in [6.07, 6.45) is 2.32. The van der Waals surface area contributed by atoms with E-state index in [1.165, 1.54) is 12.3 Å². The molecule has 0 radical (unpaired) electrons. The van der Waals surface area contributed by atoms with E-state index < -0.39 is 9.84 Å². The fourth-order valence-electron chi connectivity index (χ4n) is 2.62. The Hall–Kier alpha value is -1.27. The van der Waals surface area contributed by atoms with Gasteiger partial charge in [0.05, 0.1) is 22.4 Å². The van der Waals surface area contributed by atoms with Gasteiger partial charge in [-0.25, -0.2) is 8.42 Å². The molecule has 20 heavy (non-hydrogen) atoms. The number of methoxy groups -OCH3 is 1. The molecule has 112 valence electrons. The van der Waals surface area contributed by atoms with Crippen molar-refractivity contribution in [2.45, 2.75) is 37.3 Å². The molecular weight excluding hydrogens is 276 g/mol. The molecule has 3 N–H and O–H groups in total. The van der Waals surface area contributed by atoms with Crippen LogP contribution in [0.1, 0.15) is 20.3 Å². The highest BCUT2D eigenvalue weighted by atomic mass is 32.2. The maximum atomic E-state index is 11.5. The fourth-order valence-corrected chi connectivity index (χ4v) is 3.28. The highest BCUT2D eigenvalue weighted by molar-refractivity contribution is 7.90. The minimum Gasteiger partial charge on any atom is -0.397 e. The third-order valence-electron chi connectivity index (χ3n) is 4.24. The van der Waals surface area contributed by atoms with Crippen molar-refractivity contribution in [3.63, 3.8) is 0 Å². The summed E-state index contributed by atoms with van der Waals surface area (Å²) in [6.45, 7) is 4.28. The number of nitrogen functional groups attached to an aromatic ring is 1. The molecule has 0 amide bonds. The number of sulfone groups is 1. The van der Waals surface area contributed by atoms with Crippen LogP contribution in [-0.4, -0.2) is 33.9 Å². The minimum atomic E-state index is -3.23. The highest BCUT2D eigenvalue weighted by Gasteiger charge is 2.48. The zero-order chi connectivity index (χ0) is 15.1. The predicted molar refractivity (Wildman–Crippen MR) is 80.6 cm³/mol. The summed E-state index contributed by atoms with van der Waals surface area (Å²) < 4.78 is 28.4. The molecular formula is C14H22N2O3S. The van der Waals surface area contributed by atoms with E-state index in [1.54, 1.807) is 19.2 Å². The lowest BCUT2D eigenvalue weighted by molar-refractivity contribution is -0.0794. The fraction of sp³-hybridized carbons (Fsp3) is 0.571. The lowest BCUT2D eigenvalue weighted by Crippen LogP contribution is -2.57. The molecule has 2 unspecified atom stereocenters. The first-order valence-corrected chi connectivity index (χ1v) is 8.44. The Morgan fingerprint density at radius 3 is 2.50 bits per heavy atom. The quantitative estimate of drug-likeness (QED) is 0.830. The van der Waals surface area contributed by atoms with Gasteiger partial charge in [-0.15, -0.1) is 0 Å². The van der Waals surface area contributed by atoms with E-state index in [-0.39, 0.29) is 22.5 Å². The number of benzene rings is 1. The number of nitrogens with two attached hydrogens (primary N) is 1. The Kier molecular flexibility index (Phi) is 3.73. The van der Waals surface area contributed by atoms with Crippen molar-refractivity contribution >= 4 is 21.2 Å². The minimum absolute atomic E-state index is 0.0245. The van der Waals surface area contributed by atoms with Gasteiger partial charge in [-0.2, -0.15) is 0 Å². The first-order valence-electron chi connectivity index (χ1n) is 6.55. The summed E-state index contributed by atoms with van der Waals surface area (Å²) in [5.74, 6) is 0. The largest absolute Gasteiger partial charge is 0.397 e. The predicted octanol–water partition coefficient (Wildman–Crippen LogP) is 1.90. The number of ether oxygens (including phenoxy) is 1. The molecule has 1 aliphatic carbocycles. The van der Waals surface area contributed by atoms with Gasteiger partial charge in [-0.05, 0) is 24.6 Å². The molecule has 6 heteroatoms. The molecule has 0 aliphatic heterocycles. The zero-order valence-corrected chi connectivity index (χ0v) is 13.1. The maximum absolute atomic E-state index is 11.5. The van der Waals surface area contributed by atoms with Crippen LogP contribution in [0.15, 0.2) is 23.1 Å². The maximum Gasteiger partial charge on any atom is 0.175 e. The normalized spacial score (nSPS) is 25.0. The molecule has 1 aromatic rings. The number of hydrogen-bond donors (Lipinski definition) is 2. The van der Waals surface area contributed by atoms with Crippen LogP contribution in [0.5, 0.6) is 0 Å². The summed E-state index contributed by atoms with van der Waals surface area (Å²) in [5.41, 5.74) is 7.18. The van der Waals surface area contributed by atoms with Crippen molar-refractivity contribution in [1.29, 1.82) is 0 Å². The van der Waals surface area contributed by atoms with Crippen LogP contribution in [0.25, 0.3) is 0 Å². The molecule has 0 heterocycles. The molecule has 5 nitrogen and oxygen atoms in total. The number of rotatable bonds is 4. The molecule has 0 saturated heterocycles. The van der Waals surface area contributed by atoms with Crippen molar-refractivity contribution in [2.24, 2.45) is 5.41 Å². The van der Waals surface area contributed by atoms with Gasteiger partial charge >= 0.3 is 0 Å². The third kappa shape index (κ3) is 2.62. The van der Waals surface area contributed by atoms with Crippen LogP contribution in [0.2, 0.25) is 0 Å². The Labute approximate surface area is 120 Å². The molecule has 1 saturated carbocycles. The van der Waals surface area contributed by atoms with Gasteiger partial charge in [0.15, 0.2) is 9.84 Å². The lowest BCUT2D eigenvalue weighted by Gasteiger charge is -2.51. The first-order chi connectivity index (χ1) is 9.16. The van der Waals surface area contributed by atoms with E-state index >= 15 is 0 Å². The average molecular weight is 298 g/mol. The molecule has 1 aromatic carbocycles. The van der Waals surface area contributed by atoms with Gasteiger partial charge in [0, 0.05) is 24.8 Å². The van der Waals surface area contributed by atoms with Crippen molar-refractivity contribution < 1.29 is 13.2 Å². The second kappa shape index (κ2) is 4.93. The topological polar surface area (TPSA) is 81.4 Å². The second-order valence-electron chi connectivity index (χ2n) is 6.00. The highest BCUT2D eigenvalue weighted by Crippen LogP contribution is 2.44. The van der Waals surface area contributed by atoms with Gasteiger partial charge in [0.2, 0.25) is 0 Å². The Bertz CT molecular complexity index is 611. The summed E-state index contributed by atoms with van der Waals surface area (Å²) >= 11 is 0. The molecule has 1 aliphatic rings. The Balaban J connectivity index is 2.16. The van der Waals surface area contributed by atoms with Crippen molar-refractivity contribution in [2.75, 3.05) is 24.4 Å². The number of hydrogen-bond acceptors (Lipinski definition) is 5. The third-order valence-corrected chi connectivity index (χ3v) is 5.35. The molecule has 2 rings (SSSR count). The van der Waals surface area contributed by atoms with Crippen LogP contribution in [0, 0.1) is 5.41 Å². The first kappa shape index (κ1) is 15.1. The zero-order valence-electron chi connectivity index (χ0n) is 12.3. The monoisotopic (exact) mass is 298 g/mol. The lowest BCUT2D eigenvalue weighted by atomic mass is 9.64. The molecule has 2 atom stereocenters. The van der Waals surface area contributed by atoms with Crippen LogP contribution in [-0.2, 0) is 14.6 Å². The van der Waals surface area contributed by atoms with E-state index in [0.717, 1.165) is 12.1 Å². The van der Waals surface area contributed by atoms with Crippen molar-refractivity contribution in [3.8, 4) is 0 Å². The molecule has 0 bridgehead atoms. The van der Waals surface area contributed by atoms with Gasteiger partial charge in [0.1, 0.15) is 0 Å². The van der Waals surface area contributed by atoms with Crippen molar-refractivity contribution in [3.05, 3.63) is 18.2 Å². The van der Waals surface area contributed by atoms with Crippen LogP contribution >= 0.6 is 0 Å². The Morgan fingerprint density at radius 2 is 2.05 bits per heavy atom. The second-order valence-corrected chi connectivity index (χ2v) is 8.02. The van der Waals surface area contributed by atoms with Crippen molar-refractivity contribution in [1.82, 2.24) is 0 Å². The van der Waals surface area contributed by atoms with Crippen LogP contribution in [0.3, 0.4) is 0 Å². The molecule has 0 aromatic heterocycles. The van der Waals surface area contributed by atoms with E-state index in [2.05, 4.69) is 19.2 Å². The van der Waals surface area contributed by atoms with E-state index in [4.69, 9.17) is 10.5 Å². The average Bonchev–Trinajstić information content (AvgIpc) is 2.34. The van der Waals surface area contributed by atoms with Crippen LogP contribution in [0.4, 0.5) is 11.4 Å². The summed E-state index contributed by atoms with van der Waals surface area (Å²) in [5, 5.41) is 3.38. The molecule has 0 spiro atoms. The smallest absolute Gasteiger partial charge is 0.175 e. The number of anilines is 2. The summed E-state index contributed by atoms with van der Waals surface area (Å²) in [6, 6.07) is 5.06. The van der Waals surface area contributed by atoms with Gasteiger partial charge in [-0.3, -0.25) is 0 Å². The molecule has 1 fully saturated rings. The van der Waals surface area contributed by atoms with E-state index in [0.29, 0.717) is 5.69 Å². The van der Waals surface area contributed by atoms with Crippen LogP contribution < -0.4 is 11.1 Å². The summed E-state index contributed by atoms with van der Waals surface area (Å²) in [7, 11) is -1.51.